The van der Waals surface area contributed by atoms with Crippen LogP contribution in [-0.4, -0.2) is 49.7 Å². The lowest BCUT2D eigenvalue weighted by molar-refractivity contribution is -0.137. The molecule has 1 amide bonds. The Morgan fingerprint density at radius 2 is 2.04 bits per heavy atom. The fourth-order valence-electron chi connectivity index (χ4n) is 2.51. The Hall–Kier alpha value is -1.60. The summed E-state index contributed by atoms with van der Waals surface area (Å²) in [7, 11) is 0. The van der Waals surface area contributed by atoms with Crippen LogP contribution in [0.2, 0.25) is 0 Å². The van der Waals surface area contributed by atoms with Crippen LogP contribution in [0, 0.1) is 0 Å². The number of nitrogens with zero attached hydrogens (tertiary/aromatic N) is 1. The molecule has 7 heteroatoms. The molecule has 1 atom stereocenters. The summed E-state index contributed by atoms with van der Waals surface area (Å²) in [5.74, 6) is -0.274. The summed E-state index contributed by atoms with van der Waals surface area (Å²) in [5.41, 5.74) is -0.374. The molecule has 23 heavy (non-hydrogen) atoms. The Morgan fingerprint density at radius 3 is 2.70 bits per heavy atom. The van der Waals surface area contributed by atoms with E-state index in [0.29, 0.717) is 25.3 Å². The third-order valence-electron chi connectivity index (χ3n) is 3.88. The smallest absolute Gasteiger partial charge is 0.379 e. The van der Waals surface area contributed by atoms with Crippen molar-refractivity contribution in [1.29, 1.82) is 0 Å². The SMILES string of the molecule is CC(CNC(=O)Cc1cccc(C(F)(F)F)c1)N1CCOCC1. The van der Waals surface area contributed by atoms with E-state index in [0.717, 1.165) is 25.2 Å². The summed E-state index contributed by atoms with van der Waals surface area (Å²) in [4.78, 5) is 14.1. The quantitative estimate of drug-likeness (QED) is 0.899. The molecule has 1 N–H and O–H groups in total. The van der Waals surface area contributed by atoms with E-state index < -0.39 is 11.7 Å². The Balaban J connectivity index is 1.82. The highest BCUT2D eigenvalue weighted by atomic mass is 19.4. The molecule has 1 aliphatic heterocycles. The average Bonchev–Trinajstić information content (AvgIpc) is 2.53. The predicted molar refractivity (Wildman–Crippen MR) is 80.0 cm³/mol. The molecule has 1 aliphatic rings. The van der Waals surface area contributed by atoms with Crippen LogP contribution in [-0.2, 0) is 22.1 Å². The van der Waals surface area contributed by atoms with Crippen molar-refractivity contribution in [2.75, 3.05) is 32.8 Å². The molecule has 0 saturated carbocycles. The summed E-state index contributed by atoms with van der Waals surface area (Å²) >= 11 is 0. The molecule has 1 saturated heterocycles. The molecular weight excluding hydrogens is 309 g/mol. The molecule has 2 rings (SSSR count). The van der Waals surface area contributed by atoms with Crippen molar-refractivity contribution in [2.24, 2.45) is 0 Å². The molecule has 1 fully saturated rings. The Morgan fingerprint density at radius 1 is 1.35 bits per heavy atom. The number of amides is 1. The zero-order chi connectivity index (χ0) is 16.9. The van der Waals surface area contributed by atoms with Gasteiger partial charge in [0.25, 0.3) is 0 Å². The molecule has 0 aromatic heterocycles. The maximum atomic E-state index is 12.6. The lowest BCUT2D eigenvalue weighted by atomic mass is 10.1. The van der Waals surface area contributed by atoms with E-state index in [2.05, 4.69) is 10.2 Å². The van der Waals surface area contributed by atoms with Gasteiger partial charge in [-0.05, 0) is 18.6 Å². The van der Waals surface area contributed by atoms with Crippen LogP contribution >= 0.6 is 0 Å². The number of nitrogens with one attached hydrogen (secondary N) is 1. The third kappa shape index (κ3) is 5.51. The van der Waals surface area contributed by atoms with Crippen LogP contribution in [0.4, 0.5) is 13.2 Å². The molecule has 1 aromatic carbocycles. The van der Waals surface area contributed by atoms with Crippen molar-refractivity contribution in [3.8, 4) is 0 Å². The molecule has 0 spiro atoms. The van der Waals surface area contributed by atoms with Gasteiger partial charge in [0.05, 0.1) is 25.2 Å². The maximum absolute atomic E-state index is 12.6. The normalized spacial score (nSPS) is 17.7. The van der Waals surface area contributed by atoms with Gasteiger partial charge < -0.3 is 10.1 Å². The van der Waals surface area contributed by atoms with Gasteiger partial charge in [-0.3, -0.25) is 9.69 Å². The van der Waals surface area contributed by atoms with Gasteiger partial charge in [-0.2, -0.15) is 13.2 Å². The first-order chi connectivity index (χ1) is 10.9. The zero-order valence-electron chi connectivity index (χ0n) is 13.0. The minimum atomic E-state index is -4.39. The van der Waals surface area contributed by atoms with E-state index in [9.17, 15) is 18.0 Å². The minimum Gasteiger partial charge on any atom is -0.379 e. The van der Waals surface area contributed by atoms with Crippen LogP contribution in [0.1, 0.15) is 18.1 Å². The highest BCUT2D eigenvalue weighted by Gasteiger charge is 2.30. The lowest BCUT2D eigenvalue weighted by Crippen LogP contribution is -2.47. The number of carbonyl (C=O) groups is 1. The van der Waals surface area contributed by atoms with Gasteiger partial charge in [-0.25, -0.2) is 0 Å². The largest absolute Gasteiger partial charge is 0.416 e. The van der Waals surface area contributed by atoms with Gasteiger partial charge in [0.1, 0.15) is 0 Å². The highest BCUT2D eigenvalue weighted by molar-refractivity contribution is 5.78. The van der Waals surface area contributed by atoms with E-state index in [1.54, 1.807) is 0 Å². The summed E-state index contributed by atoms with van der Waals surface area (Å²) < 4.78 is 43.2. The fraction of sp³-hybridized carbons (Fsp3) is 0.562. The highest BCUT2D eigenvalue weighted by Crippen LogP contribution is 2.29. The first kappa shape index (κ1) is 17.7. The van der Waals surface area contributed by atoms with Crippen molar-refractivity contribution in [2.45, 2.75) is 25.6 Å². The Kier molecular flexibility index (Phi) is 6.01. The second kappa shape index (κ2) is 7.79. The summed E-state index contributed by atoms with van der Waals surface area (Å²) in [6.45, 7) is 5.49. The lowest BCUT2D eigenvalue weighted by Gasteiger charge is -2.32. The first-order valence-corrected chi connectivity index (χ1v) is 7.61. The van der Waals surface area contributed by atoms with E-state index in [1.807, 2.05) is 6.92 Å². The molecule has 0 radical (unpaired) electrons. The van der Waals surface area contributed by atoms with Crippen LogP contribution in [0.15, 0.2) is 24.3 Å². The van der Waals surface area contributed by atoms with E-state index >= 15 is 0 Å². The molecule has 0 aliphatic carbocycles. The van der Waals surface area contributed by atoms with E-state index in [1.165, 1.54) is 12.1 Å². The number of halogens is 3. The van der Waals surface area contributed by atoms with Crippen LogP contribution < -0.4 is 5.32 Å². The van der Waals surface area contributed by atoms with Gasteiger partial charge in [0, 0.05) is 25.7 Å². The molecular formula is C16H21F3N2O2. The molecule has 1 unspecified atom stereocenters. The molecule has 1 heterocycles. The van der Waals surface area contributed by atoms with Gasteiger partial charge in [0.2, 0.25) is 5.91 Å². The zero-order valence-corrected chi connectivity index (χ0v) is 13.0. The van der Waals surface area contributed by atoms with Crippen molar-refractivity contribution in [3.05, 3.63) is 35.4 Å². The Labute approximate surface area is 133 Å². The van der Waals surface area contributed by atoms with Crippen LogP contribution in [0.5, 0.6) is 0 Å². The summed E-state index contributed by atoms with van der Waals surface area (Å²) in [6.07, 6.45) is -4.45. The van der Waals surface area contributed by atoms with E-state index in [4.69, 9.17) is 4.74 Å². The fourth-order valence-corrected chi connectivity index (χ4v) is 2.51. The van der Waals surface area contributed by atoms with Crippen molar-refractivity contribution in [3.63, 3.8) is 0 Å². The van der Waals surface area contributed by atoms with Crippen LogP contribution in [0.25, 0.3) is 0 Å². The second-order valence-electron chi connectivity index (χ2n) is 5.68. The second-order valence-corrected chi connectivity index (χ2v) is 5.68. The topological polar surface area (TPSA) is 41.6 Å². The number of hydrogen-bond acceptors (Lipinski definition) is 3. The number of benzene rings is 1. The van der Waals surface area contributed by atoms with Crippen molar-refractivity contribution in [1.82, 2.24) is 10.2 Å². The molecule has 128 valence electrons. The standard InChI is InChI=1S/C16H21F3N2O2/c1-12(21-5-7-23-8-6-21)11-20-15(22)10-13-3-2-4-14(9-13)16(17,18)19/h2-4,9,12H,5-8,10-11H2,1H3,(H,20,22). The van der Waals surface area contributed by atoms with E-state index in [-0.39, 0.29) is 18.4 Å². The number of carbonyl (C=O) groups excluding carboxylic acids is 1. The molecule has 0 bridgehead atoms. The minimum absolute atomic E-state index is 0.0558. The van der Waals surface area contributed by atoms with Gasteiger partial charge in [-0.1, -0.05) is 18.2 Å². The Bertz CT molecular complexity index is 528. The van der Waals surface area contributed by atoms with Gasteiger partial charge in [-0.15, -0.1) is 0 Å². The first-order valence-electron chi connectivity index (χ1n) is 7.61. The monoisotopic (exact) mass is 330 g/mol. The summed E-state index contributed by atoms with van der Waals surface area (Å²) in [6, 6.07) is 5.04. The molecule has 1 aromatic rings. The number of morpholine rings is 1. The van der Waals surface area contributed by atoms with Crippen molar-refractivity contribution < 1.29 is 22.7 Å². The number of hydrogen-bond donors (Lipinski definition) is 1. The predicted octanol–water partition coefficient (Wildman–Crippen LogP) is 2.08. The van der Waals surface area contributed by atoms with Crippen LogP contribution in [0.3, 0.4) is 0 Å². The maximum Gasteiger partial charge on any atom is 0.416 e. The molecule has 4 nitrogen and oxygen atoms in total. The summed E-state index contributed by atoms with van der Waals surface area (Å²) in [5, 5.41) is 2.78. The number of rotatable bonds is 5. The average molecular weight is 330 g/mol. The number of alkyl halides is 3. The number of ether oxygens (including phenoxy) is 1. The van der Waals surface area contributed by atoms with Gasteiger partial charge >= 0.3 is 6.18 Å². The van der Waals surface area contributed by atoms with Gasteiger partial charge in [0.15, 0.2) is 0 Å². The van der Waals surface area contributed by atoms with Crippen molar-refractivity contribution >= 4 is 5.91 Å². The third-order valence-corrected chi connectivity index (χ3v) is 3.88.